The summed E-state index contributed by atoms with van der Waals surface area (Å²) in [7, 11) is 0. The molecule has 0 spiro atoms. The molecule has 3 rings (SSSR count). The van der Waals surface area contributed by atoms with Gasteiger partial charge in [0.25, 0.3) is 0 Å². The van der Waals surface area contributed by atoms with Crippen LogP contribution in [0, 0.1) is 0 Å². The van der Waals surface area contributed by atoms with Crippen LogP contribution in [0.15, 0.2) is 41.9 Å². The molecule has 0 bridgehead atoms. The second kappa shape index (κ2) is 5.67. The van der Waals surface area contributed by atoms with Crippen LogP contribution in [-0.2, 0) is 25.6 Å². The molecule has 2 unspecified atom stereocenters. The van der Waals surface area contributed by atoms with Gasteiger partial charge in [-0.15, -0.1) is 0 Å². The Labute approximate surface area is 118 Å². The van der Waals surface area contributed by atoms with Crippen LogP contribution in [0.3, 0.4) is 0 Å². The molecule has 0 aromatic heterocycles. The third kappa shape index (κ3) is 2.56. The molecule has 4 nitrogen and oxygen atoms in total. The lowest BCUT2D eigenvalue weighted by Gasteiger charge is -2.30. The van der Waals surface area contributed by atoms with Gasteiger partial charge in [-0.25, -0.2) is 0 Å². The zero-order valence-corrected chi connectivity index (χ0v) is 11.5. The van der Waals surface area contributed by atoms with Gasteiger partial charge in [0.2, 0.25) is 0 Å². The van der Waals surface area contributed by atoms with E-state index in [0.717, 1.165) is 36.2 Å². The molecule has 0 amide bonds. The molecule has 1 heterocycles. The predicted molar refractivity (Wildman–Crippen MR) is 72.8 cm³/mol. The van der Waals surface area contributed by atoms with Crippen LogP contribution < -0.4 is 0 Å². The molecule has 20 heavy (non-hydrogen) atoms. The molecule has 1 aromatic rings. The first-order valence-electron chi connectivity index (χ1n) is 6.95. The summed E-state index contributed by atoms with van der Waals surface area (Å²) >= 11 is 0. The molecule has 1 aliphatic carbocycles. The van der Waals surface area contributed by atoms with Crippen LogP contribution in [0.1, 0.15) is 25.3 Å². The lowest BCUT2D eigenvalue weighted by Crippen LogP contribution is -2.35. The minimum absolute atomic E-state index is 0.0692. The lowest BCUT2D eigenvalue weighted by molar-refractivity contribution is -0.128. The van der Waals surface area contributed by atoms with Crippen molar-refractivity contribution in [2.24, 2.45) is 0 Å². The van der Waals surface area contributed by atoms with Gasteiger partial charge in [0.1, 0.15) is 18.0 Å². The summed E-state index contributed by atoms with van der Waals surface area (Å²) in [6, 6.07) is 10.0. The zero-order chi connectivity index (χ0) is 13.9. The lowest BCUT2D eigenvalue weighted by atomic mass is 10.2. The van der Waals surface area contributed by atoms with Gasteiger partial charge in [-0.3, -0.25) is 4.79 Å². The fraction of sp³-hybridized carbons (Fsp3) is 0.438. The maximum absolute atomic E-state index is 10.9. The van der Waals surface area contributed by atoms with Crippen LogP contribution >= 0.6 is 0 Å². The first-order chi connectivity index (χ1) is 9.78. The highest BCUT2D eigenvalue weighted by Crippen LogP contribution is 2.36. The fourth-order valence-electron chi connectivity index (χ4n) is 2.55. The number of carbonyl (C=O) groups is 1. The number of rotatable bonds is 4. The Hall–Kier alpha value is -1.81. The van der Waals surface area contributed by atoms with Crippen LogP contribution in [0.25, 0.3) is 0 Å². The Kier molecular flexibility index (Phi) is 3.74. The van der Waals surface area contributed by atoms with Gasteiger partial charge in [0.05, 0.1) is 6.61 Å². The third-order valence-electron chi connectivity index (χ3n) is 3.68. The van der Waals surface area contributed by atoms with E-state index in [1.807, 2.05) is 37.3 Å². The van der Waals surface area contributed by atoms with Gasteiger partial charge in [-0.1, -0.05) is 30.3 Å². The van der Waals surface area contributed by atoms with Crippen molar-refractivity contribution in [3.05, 3.63) is 47.4 Å². The predicted octanol–water partition coefficient (Wildman–Crippen LogP) is 2.58. The first kappa shape index (κ1) is 13.2. The third-order valence-corrected chi connectivity index (χ3v) is 3.68. The van der Waals surface area contributed by atoms with E-state index in [1.54, 1.807) is 0 Å². The molecule has 2 aliphatic rings. The molecule has 0 fully saturated rings. The van der Waals surface area contributed by atoms with Crippen LogP contribution in [0.4, 0.5) is 0 Å². The summed E-state index contributed by atoms with van der Waals surface area (Å²) in [5.74, 6) is 1.55. The summed E-state index contributed by atoms with van der Waals surface area (Å²) in [4.78, 5) is 10.9. The van der Waals surface area contributed by atoms with E-state index in [2.05, 4.69) is 0 Å². The van der Waals surface area contributed by atoms with Crippen molar-refractivity contribution < 1.29 is 19.0 Å². The minimum atomic E-state index is -0.498. The molecule has 3 atom stereocenters. The van der Waals surface area contributed by atoms with Gasteiger partial charge in [-0.05, 0) is 18.9 Å². The molecular weight excluding hydrogens is 256 g/mol. The summed E-state index contributed by atoms with van der Waals surface area (Å²) in [5, 5.41) is 0. The maximum Gasteiger partial charge on any atom is 0.189 e. The number of allylic oxidation sites excluding steroid dienone is 1. The van der Waals surface area contributed by atoms with E-state index in [1.165, 1.54) is 0 Å². The highest BCUT2D eigenvalue weighted by Gasteiger charge is 2.38. The van der Waals surface area contributed by atoms with Gasteiger partial charge in [0, 0.05) is 6.42 Å². The molecule has 0 saturated carbocycles. The van der Waals surface area contributed by atoms with E-state index in [9.17, 15) is 4.79 Å². The van der Waals surface area contributed by atoms with E-state index >= 15 is 0 Å². The monoisotopic (exact) mass is 274 g/mol. The molecule has 4 heteroatoms. The van der Waals surface area contributed by atoms with Gasteiger partial charge >= 0.3 is 0 Å². The van der Waals surface area contributed by atoms with Crippen molar-refractivity contribution in [3.8, 4) is 0 Å². The van der Waals surface area contributed by atoms with E-state index in [0.29, 0.717) is 6.61 Å². The molecule has 1 aromatic carbocycles. The van der Waals surface area contributed by atoms with Gasteiger partial charge < -0.3 is 14.2 Å². The number of hydrogen-bond acceptors (Lipinski definition) is 4. The highest BCUT2D eigenvalue weighted by atomic mass is 16.6. The average molecular weight is 274 g/mol. The molecule has 1 aliphatic heterocycles. The number of aldehydes is 1. The van der Waals surface area contributed by atoms with Crippen molar-refractivity contribution in [3.63, 3.8) is 0 Å². The number of hydrogen-bond donors (Lipinski definition) is 0. The summed E-state index contributed by atoms with van der Waals surface area (Å²) in [5.41, 5.74) is 1.14. The molecule has 0 radical (unpaired) electrons. The Morgan fingerprint density at radius 2 is 2.10 bits per heavy atom. The van der Waals surface area contributed by atoms with Crippen LogP contribution in [0.2, 0.25) is 0 Å². The SMILES string of the molecule is CC1OC2=C(CCC2OCc2ccccc2)O[C@H]1C=O. The van der Waals surface area contributed by atoms with Crippen LogP contribution in [0.5, 0.6) is 0 Å². The Morgan fingerprint density at radius 3 is 2.85 bits per heavy atom. The smallest absolute Gasteiger partial charge is 0.189 e. The van der Waals surface area contributed by atoms with Crippen molar-refractivity contribution in [2.45, 2.75) is 44.7 Å². The van der Waals surface area contributed by atoms with Gasteiger partial charge in [-0.2, -0.15) is 0 Å². The normalized spacial score (nSPS) is 28.6. The van der Waals surface area contributed by atoms with Crippen molar-refractivity contribution in [1.82, 2.24) is 0 Å². The highest BCUT2D eigenvalue weighted by molar-refractivity contribution is 5.57. The standard InChI is InChI=1S/C16H18O4/c1-11-15(9-17)20-14-8-7-13(16(14)19-11)18-10-12-5-3-2-4-6-12/h2-6,9,11,13,15H,7-8,10H2,1H3/t11?,13?,15-/m0/s1. The van der Waals surface area contributed by atoms with Crippen molar-refractivity contribution >= 4 is 6.29 Å². The number of ether oxygens (including phenoxy) is 3. The first-order valence-corrected chi connectivity index (χ1v) is 6.95. The summed E-state index contributed by atoms with van der Waals surface area (Å²) in [6.45, 7) is 2.40. The Morgan fingerprint density at radius 1 is 1.30 bits per heavy atom. The molecule has 0 saturated heterocycles. The summed E-state index contributed by atoms with van der Waals surface area (Å²) < 4.78 is 17.4. The number of benzene rings is 1. The minimum Gasteiger partial charge on any atom is -0.484 e. The van der Waals surface area contributed by atoms with E-state index < -0.39 is 6.10 Å². The van der Waals surface area contributed by atoms with E-state index in [-0.39, 0.29) is 12.2 Å². The van der Waals surface area contributed by atoms with Gasteiger partial charge in [0.15, 0.2) is 18.1 Å². The Bertz CT molecular complexity index is 508. The van der Waals surface area contributed by atoms with Crippen molar-refractivity contribution in [1.29, 1.82) is 0 Å². The molecular formula is C16H18O4. The molecule has 0 N–H and O–H groups in total. The molecule has 106 valence electrons. The largest absolute Gasteiger partial charge is 0.484 e. The fourth-order valence-corrected chi connectivity index (χ4v) is 2.55. The second-order valence-corrected chi connectivity index (χ2v) is 5.15. The van der Waals surface area contributed by atoms with Crippen LogP contribution in [-0.4, -0.2) is 24.6 Å². The number of carbonyl (C=O) groups excluding carboxylic acids is 1. The van der Waals surface area contributed by atoms with Crippen molar-refractivity contribution in [2.75, 3.05) is 0 Å². The Balaban J connectivity index is 1.65. The zero-order valence-electron chi connectivity index (χ0n) is 11.5. The van der Waals surface area contributed by atoms with E-state index in [4.69, 9.17) is 14.2 Å². The summed E-state index contributed by atoms with van der Waals surface area (Å²) in [6.07, 6.45) is 1.59. The maximum atomic E-state index is 10.9. The quantitative estimate of drug-likeness (QED) is 0.792. The second-order valence-electron chi connectivity index (χ2n) is 5.15. The topological polar surface area (TPSA) is 44.8 Å². The average Bonchev–Trinajstić information content (AvgIpc) is 2.87.